The third-order valence-electron chi connectivity index (χ3n) is 1.78. The quantitative estimate of drug-likeness (QED) is 0.419. The number of hydrogen-bond donors (Lipinski definition) is 1. The lowest BCUT2D eigenvalue weighted by molar-refractivity contribution is 0.0244. The molecule has 0 aromatic carbocycles. The highest BCUT2D eigenvalue weighted by Gasteiger charge is 2.26. The Morgan fingerprint density at radius 1 is 1.77 bits per heavy atom. The maximum Gasteiger partial charge on any atom is 0.504 e. The van der Waals surface area contributed by atoms with Gasteiger partial charge >= 0.3 is 8.03 Å². The molecule has 1 rings (SSSR count). The monoisotopic (exact) mass is 205 g/mol. The first-order valence-electron chi connectivity index (χ1n) is 4.15. The van der Waals surface area contributed by atoms with Crippen LogP contribution in [0.15, 0.2) is 4.99 Å². The van der Waals surface area contributed by atoms with E-state index in [1.807, 2.05) is 0 Å². The first-order chi connectivity index (χ1) is 6.22. The van der Waals surface area contributed by atoms with Gasteiger partial charge < -0.3 is 10.5 Å². The van der Waals surface area contributed by atoms with Crippen LogP contribution in [0, 0.1) is 0 Å². The minimum atomic E-state index is -1.53. The van der Waals surface area contributed by atoms with Gasteiger partial charge in [0.05, 0.1) is 12.4 Å². The molecule has 1 fully saturated rings. The molecule has 0 spiro atoms. The van der Waals surface area contributed by atoms with E-state index in [0.29, 0.717) is 6.61 Å². The van der Waals surface area contributed by atoms with Gasteiger partial charge in [-0.05, 0) is 17.4 Å². The maximum absolute atomic E-state index is 10.6. The van der Waals surface area contributed by atoms with Crippen molar-refractivity contribution in [3.63, 3.8) is 0 Å². The van der Waals surface area contributed by atoms with Crippen LogP contribution in [0.3, 0.4) is 0 Å². The standard InChI is InChI=1S/C7H14N2O3P/c1-13(10)11-4-6-2-3-7(12-6)9-5-8/h5-7H,2-4H2,1H3,(H2,8,9)/q+1/t6-,7+/m0/s1. The van der Waals surface area contributed by atoms with Crippen LogP contribution in [-0.4, -0.2) is 31.9 Å². The third-order valence-corrected chi connectivity index (χ3v) is 2.29. The van der Waals surface area contributed by atoms with Crippen molar-refractivity contribution in [3.05, 3.63) is 0 Å². The summed E-state index contributed by atoms with van der Waals surface area (Å²) in [6, 6.07) is 0. The number of ether oxygens (including phenoxy) is 1. The Labute approximate surface area is 78.2 Å². The van der Waals surface area contributed by atoms with Gasteiger partial charge in [-0.1, -0.05) is 0 Å². The van der Waals surface area contributed by atoms with Crippen molar-refractivity contribution in [2.75, 3.05) is 13.3 Å². The van der Waals surface area contributed by atoms with Crippen LogP contribution in [0.2, 0.25) is 0 Å². The Kier molecular flexibility index (Phi) is 4.28. The summed E-state index contributed by atoms with van der Waals surface area (Å²) >= 11 is 0. The highest BCUT2D eigenvalue weighted by molar-refractivity contribution is 7.38. The summed E-state index contributed by atoms with van der Waals surface area (Å²) in [5.74, 6) is 0. The number of rotatable bonds is 4. The summed E-state index contributed by atoms with van der Waals surface area (Å²) in [6.07, 6.45) is 2.84. The van der Waals surface area contributed by atoms with Crippen molar-refractivity contribution in [2.45, 2.75) is 25.2 Å². The Morgan fingerprint density at radius 2 is 2.54 bits per heavy atom. The number of nitrogens with two attached hydrogens (primary N) is 1. The first-order valence-corrected chi connectivity index (χ1v) is 5.77. The van der Waals surface area contributed by atoms with Crippen LogP contribution in [0.5, 0.6) is 0 Å². The molecule has 0 radical (unpaired) electrons. The zero-order valence-corrected chi connectivity index (χ0v) is 8.44. The van der Waals surface area contributed by atoms with E-state index in [1.165, 1.54) is 13.0 Å². The van der Waals surface area contributed by atoms with Crippen LogP contribution in [0.4, 0.5) is 0 Å². The van der Waals surface area contributed by atoms with E-state index in [2.05, 4.69) is 4.99 Å². The molecule has 74 valence electrons. The largest absolute Gasteiger partial charge is 0.504 e. The van der Waals surface area contributed by atoms with E-state index in [9.17, 15) is 4.57 Å². The lowest BCUT2D eigenvalue weighted by Gasteiger charge is -2.06. The summed E-state index contributed by atoms with van der Waals surface area (Å²) < 4.78 is 21.0. The normalized spacial score (nSPS) is 29.8. The van der Waals surface area contributed by atoms with Gasteiger partial charge in [0, 0.05) is 0 Å². The van der Waals surface area contributed by atoms with Gasteiger partial charge in [-0.2, -0.15) is 0 Å². The lowest BCUT2D eigenvalue weighted by Crippen LogP contribution is -2.14. The van der Waals surface area contributed by atoms with Crippen molar-refractivity contribution in [2.24, 2.45) is 10.7 Å². The van der Waals surface area contributed by atoms with Gasteiger partial charge in [0.25, 0.3) is 0 Å². The van der Waals surface area contributed by atoms with Gasteiger partial charge in [-0.15, -0.1) is 4.52 Å². The fourth-order valence-corrected chi connectivity index (χ4v) is 1.58. The second-order valence-electron chi connectivity index (χ2n) is 2.82. The van der Waals surface area contributed by atoms with Crippen LogP contribution >= 0.6 is 8.03 Å². The fraction of sp³-hybridized carbons (Fsp3) is 0.857. The van der Waals surface area contributed by atoms with E-state index in [0.717, 1.165) is 12.8 Å². The third kappa shape index (κ3) is 3.81. The second kappa shape index (κ2) is 5.27. The van der Waals surface area contributed by atoms with E-state index in [1.54, 1.807) is 0 Å². The lowest BCUT2D eigenvalue weighted by atomic mass is 10.2. The van der Waals surface area contributed by atoms with Crippen LogP contribution in [0.1, 0.15) is 12.8 Å². The molecule has 3 atom stereocenters. The predicted molar refractivity (Wildman–Crippen MR) is 50.1 cm³/mol. The molecule has 0 bridgehead atoms. The molecule has 6 heteroatoms. The summed E-state index contributed by atoms with van der Waals surface area (Å²) in [5, 5.41) is 0. The van der Waals surface area contributed by atoms with Gasteiger partial charge in [0.2, 0.25) is 0 Å². The van der Waals surface area contributed by atoms with Crippen molar-refractivity contribution < 1.29 is 13.8 Å². The van der Waals surface area contributed by atoms with Crippen LogP contribution in [0.25, 0.3) is 0 Å². The van der Waals surface area contributed by atoms with Gasteiger partial charge in [0.15, 0.2) is 12.9 Å². The topological polar surface area (TPSA) is 73.9 Å². The molecule has 2 N–H and O–H groups in total. The maximum atomic E-state index is 10.6. The van der Waals surface area contributed by atoms with E-state index in [-0.39, 0.29) is 12.3 Å². The van der Waals surface area contributed by atoms with Crippen molar-refractivity contribution in [1.82, 2.24) is 0 Å². The second-order valence-corrected chi connectivity index (χ2v) is 3.96. The average Bonchev–Trinajstić information content (AvgIpc) is 2.50. The molecular formula is C7H14N2O3P+. The molecule has 0 amide bonds. The van der Waals surface area contributed by atoms with Gasteiger partial charge in [0.1, 0.15) is 6.61 Å². The molecule has 1 aliphatic rings. The van der Waals surface area contributed by atoms with Gasteiger partial charge in [-0.25, -0.2) is 4.99 Å². The highest BCUT2D eigenvalue weighted by atomic mass is 31.1. The fourth-order valence-electron chi connectivity index (χ4n) is 1.20. The molecule has 0 saturated carbocycles. The minimum absolute atomic E-state index is 0.00704. The number of hydrogen-bond acceptors (Lipinski definition) is 4. The van der Waals surface area contributed by atoms with Crippen LogP contribution < -0.4 is 5.73 Å². The molecule has 13 heavy (non-hydrogen) atoms. The molecular weight excluding hydrogens is 191 g/mol. The van der Waals surface area contributed by atoms with Crippen LogP contribution in [-0.2, 0) is 13.8 Å². The molecule has 5 nitrogen and oxygen atoms in total. The van der Waals surface area contributed by atoms with Crippen molar-refractivity contribution in [3.8, 4) is 0 Å². The predicted octanol–water partition coefficient (Wildman–Crippen LogP) is 0.867. The average molecular weight is 205 g/mol. The van der Waals surface area contributed by atoms with Gasteiger partial charge in [-0.3, -0.25) is 0 Å². The van der Waals surface area contributed by atoms with E-state index in [4.69, 9.17) is 15.0 Å². The first kappa shape index (κ1) is 10.6. The molecule has 1 saturated heterocycles. The molecule has 1 aliphatic heterocycles. The Morgan fingerprint density at radius 3 is 3.15 bits per heavy atom. The van der Waals surface area contributed by atoms with E-state index < -0.39 is 8.03 Å². The summed E-state index contributed by atoms with van der Waals surface area (Å²) in [7, 11) is -1.53. The van der Waals surface area contributed by atoms with Crippen molar-refractivity contribution >= 4 is 14.4 Å². The molecule has 1 unspecified atom stereocenters. The van der Waals surface area contributed by atoms with E-state index >= 15 is 0 Å². The minimum Gasteiger partial charge on any atom is -0.390 e. The summed E-state index contributed by atoms with van der Waals surface area (Å²) in [5.41, 5.74) is 5.13. The SMILES string of the molecule is C[P+](=O)OC[C@@H]1CC[C@H](N=CN)O1. The Balaban J connectivity index is 2.21. The number of nitrogens with zero attached hydrogens (tertiary/aromatic N) is 1. The summed E-state index contributed by atoms with van der Waals surface area (Å²) in [4.78, 5) is 3.90. The Hall–Kier alpha value is -0.510. The molecule has 1 heterocycles. The highest BCUT2D eigenvalue weighted by Crippen LogP contribution is 2.24. The zero-order valence-electron chi connectivity index (χ0n) is 7.55. The molecule has 0 aliphatic carbocycles. The number of aliphatic imine (C=N–C) groups is 1. The zero-order chi connectivity index (χ0) is 9.68. The smallest absolute Gasteiger partial charge is 0.390 e. The molecule has 0 aromatic heterocycles. The Bertz CT molecular complexity index is 210. The summed E-state index contributed by atoms with van der Waals surface area (Å²) in [6.45, 7) is 1.90. The molecule has 0 aromatic rings. The van der Waals surface area contributed by atoms with Crippen molar-refractivity contribution in [1.29, 1.82) is 0 Å².